The van der Waals surface area contributed by atoms with Crippen LogP contribution < -0.4 is 5.32 Å². The third kappa shape index (κ3) is 2.82. The Hall–Kier alpha value is -1.78. The number of aromatic hydroxyl groups is 1. The molecule has 106 valence electrons. The van der Waals surface area contributed by atoms with E-state index >= 15 is 0 Å². The molecule has 0 aliphatic carbocycles. The molecule has 0 spiro atoms. The van der Waals surface area contributed by atoms with Crippen molar-refractivity contribution in [3.8, 4) is 5.75 Å². The number of phenols is 1. The SMILES string of the molecule is Oc1c(Br)cccc1CNc1ccc(Cl)c2ncccc12. The zero-order valence-corrected chi connectivity index (χ0v) is 13.3. The first-order valence-corrected chi connectivity index (χ1v) is 7.57. The Kier molecular flexibility index (Phi) is 3.99. The van der Waals surface area contributed by atoms with Gasteiger partial charge in [-0.05, 0) is 46.3 Å². The Labute approximate surface area is 135 Å². The highest BCUT2D eigenvalue weighted by molar-refractivity contribution is 9.10. The van der Waals surface area contributed by atoms with Crippen molar-refractivity contribution in [2.24, 2.45) is 0 Å². The number of nitrogens with one attached hydrogen (secondary N) is 1. The van der Waals surface area contributed by atoms with Crippen LogP contribution in [-0.2, 0) is 6.54 Å². The van der Waals surface area contributed by atoms with Gasteiger partial charge in [0.05, 0.1) is 15.0 Å². The summed E-state index contributed by atoms with van der Waals surface area (Å²) in [6, 6.07) is 13.2. The van der Waals surface area contributed by atoms with Gasteiger partial charge in [-0.2, -0.15) is 0 Å². The summed E-state index contributed by atoms with van der Waals surface area (Å²) in [5.74, 6) is 0.251. The molecule has 0 unspecified atom stereocenters. The number of rotatable bonds is 3. The van der Waals surface area contributed by atoms with Crippen molar-refractivity contribution in [2.45, 2.75) is 6.54 Å². The Morgan fingerprint density at radius 3 is 2.86 bits per heavy atom. The van der Waals surface area contributed by atoms with Crippen LogP contribution in [0.1, 0.15) is 5.56 Å². The lowest BCUT2D eigenvalue weighted by Gasteiger charge is -2.12. The molecule has 3 nitrogen and oxygen atoms in total. The van der Waals surface area contributed by atoms with Crippen LogP contribution in [0, 0.1) is 0 Å². The molecule has 2 aromatic carbocycles. The minimum atomic E-state index is 0.251. The van der Waals surface area contributed by atoms with Crippen LogP contribution in [0.3, 0.4) is 0 Å². The van der Waals surface area contributed by atoms with E-state index in [4.69, 9.17) is 11.6 Å². The van der Waals surface area contributed by atoms with Crippen LogP contribution in [0.5, 0.6) is 5.75 Å². The second-order valence-electron chi connectivity index (χ2n) is 4.60. The van der Waals surface area contributed by atoms with Crippen LogP contribution in [0.4, 0.5) is 5.69 Å². The third-order valence-electron chi connectivity index (χ3n) is 3.26. The monoisotopic (exact) mass is 362 g/mol. The van der Waals surface area contributed by atoms with Crippen LogP contribution >= 0.6 is 27.5 Å². The summed E-state index contributed by atoms with van der Waals surface area (Å²) in [6.07, 6.45) is 1.72. The van der Waals surface area contributed by atoms with Gasteiger partial charge in [0.25, 0.3) is 0 Å². The van der Waals surface area contributed by atoms with Crippen LogP contribution in [0.2, 0.25) is 5.02 Å². The van der Waals surface area contributed by atoms with Gasteiger partial charge in [0.15, 0.2) is 0 Å². The maximum atomic E-state index is 10.0. The molecular weight excluding hydrogens is 352 g/mol. The van der Waals surface area contributed by atoms with E-state index in [-0.39, 0.29) is 5.75 Å². The van der Waals surface area contributed by atoms with Gasteiger partial charge in [-0.1, -0.05) is 23.7 Å². The summed E-state index contributed by atoms with van der Waals surface area (Å²) in [5.41, 5.74) is 2.51. The molecule has 0 fully saturated rings. The number of para-hydroxylation sites is 1. The van der Waals surface area contributed by atoms with E-state index < -0.39 is 0 Å². The van der Waals surface area contributed by atoms with Gasteiger partial charge in [0, 0.05) is 29.4 Å². The van der Waals surface area contributed by atoms with Crippen molar-refractivity contribution in [2.75, 3.05) is 5.32 Å². The van der Waals surface area contributed by atoms with Crippen molar-refractivity contribution < 1.29 is 5.11 Å². The van der Waals surface area contributed by atoms with E-state index in [1.807, 2.05) is 36.4 Å². The van der Waals surface area contributed by atoms with E-state index in [1.54, 1.807) is 12.3 Å². The first-order valence-electron chi connectivity index (χ1n) is 6.40. The highest BCUT2D eigenvalue weighted by Crippen LogP contribution is 2.31. The van der Waals surface area contributed by atoms with Crippen LogP contribution in [-0.4, -0.2) is 10.1 Å². The zero-order valence-electron chi connectivity index (χ0n) is 11.0. The van der Waals surface area contributed by atoms with E-state index in [0.717, 1.165) is 22.2 Å². The summed E-state index contributed by atoms with van der Waals surface area (Å²) >= 11 is 9.47. The molecular formula is C16H12BrClN2O. The van der Waals surface area contributed by atoms with E-state index in [0.29, 0.717) is 16.0 Å². The molecule has 1 heterocycles. The first-order chi connectivity index (χ1) is 10.2. The lowest BCUT2D eigenvalue weighted by atomic mass is 10.1. The predicted molar refractivity (Wildman–Crippen MR) is 89.9 cm³/mol. The highest BCUT2D eigenvalue weighted by atomic mass is 79.9. The number of hydrogen-bond acceptors (Lipinski definition) is 3. The highest BCUT2D eigenvalue weighted by Gasteiger charge is 2.08. The lowest BCUT2D eigenvalue weighted by Crippen LogP contribution is -2.01. The minimum absolute atomic E-state index is 0.251. The average Bonchev–Trinajstić information content (AvgIpc) is 2.51. The summed E-state index contributed by atoms with van der Waals surface area (Å²) in [7, 11) is 0. The Morgan fingerprint density at radius 2 is 2.00 bits per heavy atom. The van der Waals surface area contributed by atoms with Crippen LogP contribution in [0.15, 0.2) is 53.1 Å². The molecule has 0 radical (unpaired) electrons. The molecule has 1 aromatic heterocycles. The molecule has 0 saturated carbocycles. The number of nitrogens with zero attached hydrogens (tertiary/aromatic N) is 1. The maximum absolute atomic E-state index is 10.0. The van der Waals surface area contributed by atoms with Crippen LogP contribution in [0.25, 0.3) is 10.9 Å². The van der Waals surface area contributed by atoms with Gasteiger partial charge < -0.3 is 10.4 Å². The minimum Gasteiger partial charge on any atom is -0.506 e. The van der Waals surface area contributed by atoms with E-state index in [1.165, 1.54) is 0 Å². The fourth-order valence-corrected chi connectivity index (χ4v) is 2.81. The lowest BCUT2D eigenvalue weighted by molar-refractivity contribution is 0.465. The fraction of sp³-hybridized carbons (Fsp3) is 0.0625. The maximum Gasteiger partial charge on any atom is 0.134 e. The van der Waals surface area contributed by atoms with Gasteiger partial charge >= 0.3 is 0 Å². The van der Waals surface area contributed by atoms with Gasteiger partial charge in [-0.15, -0.1) is 0 Å². The largest absolute Gasteiger partial charge is 0.506 e. The second kappa shape index (κ2) is 5.92. The number of benzene rings is 2. The summed E-state index contributed by atoms with van der Waals surface area (Å²) < 4.78 is 0.685. The van der Waals surface area contributed by atoms with Gasteiger partial charge in [-0.25, -0.2) is 0 Å². The molecule has 0 amide bonds. The van der Waals surface area contributed by atoms with Gasteiger partial charge in [-0.3, -0.25) is 4.98 Å². The van der Waals surface area contributed by atoms with Crippen molar-refractivity contribution in [1.82, 2.24) is 4.98 Å². The first kappa shape index (κ1) is 14.2. The molecule has 0 bridgehead atoms. The molecule has 21 heavy (non-hydrogen) atoms. The molecule has 0 saturated heterocycles. The van der Waals surface area contributed by atoms with E-state index in [9.17, 15) is 5.11 Å². The standard InChI is InChI=1S/C16H12BrClN2O/c17-12-5-1-3-10(16(12)21)9-20-14-7-6-13(18)15-11(14)4-2-8-19-15/h1-8,20-21H,9H2. The summed E-state index contributed by atoms with van der Waals surface area (Å²) in [6.45, 7) is 0.511. The molecule has 3 aromatic rings. The third-order valence-corrected chi connectivity index (χ3v) is 4.20. The number of pyridine rings is 1. The Bertz CT molecular complexity index is 807. The number of halogens is 2. The van der Waals surface area contributed by atoms with Crippen molar-refractivity contribution in [3.63, 3.8) is 0 Å². The van der Waals surface area contributed by atoms with Gasteiger partial charge in [0.2, 0.25) is 0 Å². The van der Waals surface area contributed by atoms with Crippen molar-refractivity contribution in [1.29, 1.82) is 0 Å². The molecule has 0 aliphatic rings. The molecule has 5 heteroatoms. The molecule has 2 N–H and O–H groups in total. The topological polar surface area (TPSA) is 45.1 Å². The number of fused-ring (bicyclic) bond motifs is 1. The summed E-state index contributed by atoms with van der Waals surface area (Å²) in [4.78, 5) is 4.30. The smallest absolute Gasteiger partial charge is 0.134 e. The van der Waals surface area contributed by atoms with Crippen molar-refractivity contribution >= 4 is 44.1 Å². The normalized spacial score (nSPS) is 10.8. The summed E-state index contributed by atoms with van der Waals surface area (Å²) in [5, 5.41) is 14.9. The number of aromatic nitrogens is 1. The number of phenolic OH excluding ortho intramolecular Hbond substituents is 1. The van der Waals surface area contributed by atoms with Gasteiger partial charge in [0.1, 0.15) is 5.75 Å². The second-order valence-corrected chi connectivity index (χ2v) is 5.86. The Balaban J connectivity index is 1.92. The van der Waals surface area contributed by atoms with E-state index in [2.05, 4.69) is 26.2 Å². The van der Waals surface area contributed by atoms with Crippen molar-refractivity contribution in [3.05, 3.63) is 63.7 Å². The fourth-order valence-electron chi connectivity index (χ4n) is 2.19. The quantitative estimate of drug-likeness (QED) is 0.690. The molecule has 3 rings (SSSR count). The average molecular weight is 364 g/mol. The zero-order chi connectivity index (χ0) is 14.8. The molecule has 0 aliphatic heterocycles. The predicted octanol–water partition coefficient (Wildman–Crippen LogP) is 4.97. The number of anilines is 1. The number of hydrogen-bond donors (Lipinski definition) is 2. The molecule has 0 atom stereocenters. The Morgan fingerprint density at radius 1 is 1.14 bits per heavy atom.